The van der Waals surface area contributed by atoms with Gasteiger partial charge < -0.3 is 15.2 Å². The maximum Gasteiger partial charge on any atom is 0.305 e. The van der Waals surface area contributed by atoms with Crippen molar-refractivity contribution < 1.29 is 19.4 Å². The van der Waals surface area contributed by atoms with Gasteiger partial charge in [-0.3, -0.25) is 9.59 Å². The van der Waals surface area contributed by atoms with Gasteiger partial charge in [0.1, 0.15) is 6.61 Å². The number of rotatable bonds is 9. The number of unbranched alkanes of at least 4 members (excludes halogenated alkanes) is 1. The van der Waals surface area contributed by atoms with Crippen LogP contribution in [0.15, 0.2) is 42.5 Å². The summed E-state index contributed by atoms with van der Waals surface area (Å²) in [6, 6.07) is 14.1. The van der Waals surface area contributed by atoms with Gasteiger partial charge in [-0.25, -0.2) is 0 Å². The van der Waals surface area contributed by atoms with Crippen LogP contribution in [0.1, 0.15) is 25.7 Å². The molecule has 23 heavy (non-hydrogen) atoms. The van der Waals surface area contributed by atoms with Crippen molar-refractivity contribution in [2.75, 3.05) is 18.5 Å². The minimum absolute atomic E-state index is 0.0932. The van der Waals surface area contributed by atoms with Crippen molar-refractivity contribution in [3.63, 3.8) is 0 Å². The summed E-state index contributed by atoms with van der Waals surface area (Å²) in [5.74, 6) is -1.12. The number of esters is 1. The largest absolute Gasteiger partial charge is 0.481 e. The summed E-state index contributed by atoms with van der Waals surface area (Å²) in [6.07, 6.45) is 1.40. The molecule has 122 valence electrons. The molecule has 0 saturated carbocycles. The molecule has 2 rings (SSSR count). The topological polar surface area (TPSA) is 75.6 Å². The van der Waals surface area contributed by atoms with Gasteiger partial charge in [0.15, 0.2) is 0 Å². The van der Waals surface area contributed by atoms with Gasteiger partial charge in [-0.05, 0) is 24.3 Å². The average Bonchev–Trinajstić information content (AvgIpc) is 2.55. The molecule has 0 aliphatic rings. The average molecular weight is 315 g/mol. The van der Waals surface area contributed by atoms with Crippen molar-refractivity contribution in [2.45, 2.75) is 25.7 Å². The van der Waals surface area contributed by atoms with E-state index in [4.69, 9.17) is 9.84 Å². The van der Waals surface area contributed by atoms with Crippen LogP contribution in [0.25, 0.3) is 10.8 Å². The zero-order valence-corrected chi connectivity index (χ0v) is 13.0. The van der Waals surface area contributed by atoms with E-state index in [2.05, 4.69) is 17.4 Å². The van der Waals surface area contributed by atoms with E-state index in [1.165, 1.54) is 0 Å². The summed E-state index contributed by atoms with van der Waals surface area (Å²) >= 11 is 0. The SMILES string of the molecule is O=C(O)CCCCC(=O)OCCNc1cccc2ccccc12. The van der Waals surface area contributed by atoms with Crippen LogP contribution in [0.5, 0.6) is 0 Å². The molecule has 0 saturated heterocycles. The van der Waals surface area contributed by atoms with Gasteiger partial charge in [-0.2, -0.15) is 0 Å². The first kappa shape index (κ1) is 16.8. The zero-order chi connectivity index (χ0) is 16.5. The summed E-state index contributed by atoms with van der Waals surface area (Å²) in [7, 11) is 0. The van der Waals surface area contributed by atoms with Crippen LogP contribution in [0, 0.1) is 0 Å². The third-order valence-electron chi connectivity index (χ3n) is 3.49. The summed E-state index contributed by atoms with van der Waals surface area (Å²) in [4.78, 5) is 21.9. The highest BCUT2D eigenvalue weighted by atomic mass is 16.5. The van der Waals surface area contributed by atoms with Crippen LogP contribution in [-0.4, -0.2) is 30.2 Å². The normalized spacial score (nSPS) is 10.4. The van der Waals surface area contributed by atoms with E-state index in [1.54, 1.807) is 0 Å². The molecule has 0 aliphatic heterocycles. The maximum atomic E-state index is 11.5. The molecule has 0 amide bonds. The lowest BCUT2D eigenvalue weighted by molar-refractivity contribution is -0.144. The third-order valence-corrected chi connectivity index (χ3v) is 3.49. The lowest BCUT2D eigenvalue weighted by Gasteiger charge is -2.10. The van der Waals surface area contributed by atoms with Crippen molar-refractivity contribution in [1.29, 1.82) is 0 Å². The summed E-state index contributed by atoms with van der Waals surface area (Å²) in [5.41, 5.74) is 1.01. The molecule has 5 heteroatoms. The fourth-order valence-electron chi connectivity index (χ4n) is 2.35. The molecule has 5 nitrogen and oxygen atoms in total. The Kier molecular flexibility index (Phi) is 6.41. The van der Waals surface area contributed by atoms with E-state index >= 15 is 0 Å². The molecule has 2 N–H and O–H groups in total. The number of benzene rings is 2. The van der Waals surface area contributed by atoms with Crippen molar-refractivity contribution in [3.8, 4) is 0 Å². The van der Waals surface area contributed by atoms with Crippen LogP contribution in [0.4, 0.5) is 5.69 Å². The molecule has 0 bridgehead atoms. The second-order valence-electron chi connectivity index (χ2n) is 5.27. The number of carbonyl (C=O) groups is 2. The molecule has 0 fully saturated rings. The smallest absolute Gasteiger partial charge is 0.305 e. The molecule has 0 radical (unpaired) electrons. The number of anilines is 1. The fraction of sp³-hybridized carbons (Fsp3) is 0.333. The Morgan fingerprint density at radius 2 is 1.74 bits per heavy atom. The Labute approximate surface area is 135 Å². The molecule has 0 heterocycles. The molecular formula is C18H21NO4. The second kappa shape index (κ2) is 8.78. The van der Waals surface area contributed by atoms with Gasteiger partial charge in [0.2, 0.25) is 0 Å². The molecule has 0 spiro atoms. The Bertz CT molecular complexity index is 664. The lowest BCUT2D eigenvalue weighted by Crippen LogP contribution is -2.13. The molecule has 0 unspecified atom stereocenters. The standard InChI is InChI=1S/C18H21NO4/c20-17(21)10-3-4-11-18(22)23-13-12-19-16-9-5-7-14-6-1-2-8-15(14)16/h1-2,5-9,19H,3-4,10-13H2,(H,20,21). The predicted molar refractivity (Wildman–Crippen MR) is 89.5 cm³/mol. The third kappa shape index (κ3) is 5.62. The van der Waals surface area contributed by atoms with Crippen LogP contribution >= 0.6 is 0 Å². The minimum atomic E-state index is -0.836. The Morgan fingerprint density at radius 3 is 2.57 bits per heavy atom. The second-order valence-corrected chi connectivity index (χ2v) is 5.27. The quantitative estimate of drug-likeness (QED) is 0.547. The number of hydrogen-bond acceptors (Lipinski definition) is 4. The van der Waals surface area contributed by atoms with E-state index in [1.807, 2.05) is 30.3 Å². The molecule has 0 atom stereocenters. The number of aliphatic carboxylic acids is 1. The van der Waals surface area contributed by atoms with Crippen molar-refractivity contribution >= 4 is 28.4 Å². The van der Waals surface area contributed by atoms with Gasteiger partial charge in [-0.15, -0.1) is 0 Å². The van der Waals surface area contributed by atoms with E-state index in [0.717, 1.165) is 16.5 Å². The van der Waals surface area contributed by atoms with Crippen LogP contribution < -0.4 is 5.32 Å². The molecular weight excluding hydrogens is 294 g/mol. The first-order valence-corrected chi connectivity index (χ1v) is 7.76. The number of carbonyl (C=O) groups excluding carboxylic acids is 1. The maximum absolute atomic E-state index is 11.5. The molecule has 2 aromatic rings. The molecule has 0 aromatic heterocycles. The Hall–Kier alpha value is -2.56. The van der Waals surface area contributed by atoms with Gasteiger partial charge in [-0.1, -0.05) is 36.4 Å². The Balaban J connectivity index is 1.68. The number of carboxylic acids is 1. The highest BCUT2D eigenvalue weighted by Gasteiger charge is 2.04. The molecule has 2 aromatic carbocycles. The lowest BCUT2D eigenvalue weighted by atomic mass is 10.1. The van der Waals surface area contributed by atoms with Crippen LogP contribution in [0.3, 0.4) is 0 Å². The predicted octanol–water partition coefficient (Wildman–Crippen LogP) is 3.44. The first-order valence-electron chi connectivity index (χ1n) is 7.76. The fourth-order valence-corrected chi connectivity index (χ4v) is 2.35. The number of nitrogens with one attached hydrogen (secondary N) is 1. The van der Waals surface area contributed by atoms with Gasteiger partial charge >= 0.3 is 11.9 Å². The van der Waals surface area contributed by atoms with Gasteiger partial charge in [0.25, 0.3) is 0 Å². The summed E-state index contributed by atoms with van der Waals surface area (Å²) in [6.45, 7) is 0.829. The number of ether oxygens (including phenoxy) is 1. The van der Waals surface area contributed by atoms with Crippen molar-refractivity contribution in [1.82, 2.24) is 0 Å². The highest BCUT2D eigenvalue weighted by Crippen LogP contribution is 2.22. The van der Waals surface area contributed by atoms with E-state index in [-0.39, 0.29) is 18.8 Å². The number of carboxylic acid groups (broad SMARTS) is 1. The molecule has 0 aliphatic carbocycles. The zero-order valence-electron chi connectivity index (χ0n) is 13.0. The highest BCUT2D eigenvalue weighted by molar-refractivity contribution is 5.93. The number of hydrogen-bond donors (Lipinski definition) is 2. The number of fused-ring (bicyclic) bond motifs is 1. The Morgan fingerprint density at radius 1 is 1.00 bits per heavy atom. The van der Waals surface area contributed by atoms with Crippen LogP contribution in [-0.2, 0) is 14.3 Å². The van der Waals surface area contributed by atoms with E-state index in [0.29, 0.717) is 26.0 Å². The monoisotopic (exact) mass is 315 g/mol. The summed E-state index contributed by atoms with van der Waals surface area (Å²) in [5, 5.41) is 14.1. The summed E-state index contributed by atoms with van der Waals surface area (Å²) < 4.78 is 5.13. The van der Waals surface area contributed by atoms with Gasteiger partial charge in [0, 0.05) is 30.5 Å². The van der Waals surface area contributed by atoms with E-state index in [9.17, 15) is 9.59 Å². The van der Waals surface area contributed by atoms with Crippen LogP contribution in [0.2, 0.25) is 0 Å². The minimum Gasteiger partial charge on any atom is -0.481 e. The van der Waals surface area contributed by atoms with E-state index < -0.39 is 5.97 Å². The van der Waals surface area contributed by atoms with Crippen molar-refractivity contribution in [3.05, 3.63) is 42.5 Å². The van der Waals surface area contributed by atoms with Gasteiger partial charge in [0.05, 0.1) is 0 Å². The van der Waals surface area contributed by atoms with Crippen molar-refractivity contribution in [2.24, 2.45) is 0 Å². The first-order chi connectivity index (χ1) is 11.2.